The number of hydrogen-bond acceptors (Lipinski definition) is 2. The lowest BCUT2D eigenvalue weighted by molar-refractivity contribution is -0.862. The van der Waals surface area contributed by atoms with Gasteiger partial charge in [-0.1, -0.05) is 103 Å². The van der Waals surface area contributed by atoms with E-state index in [1.807, 2.05) is 21.1 Å². The van der Waals surface area contributed by atoms with Crippen LogP contribution >= 0.6 is 0 Å². The summed E-state index contributed by atoms with van der Waals surface area (Å²) in [6, 6.07) is 0. The number of carbonyl (C=O) groups excluding carboxylic acids is 1. The minimum absolute atomic E-state index is 0.125. The van der Waals surface area contributed by atoms with Crippen molar-refractivity contribution >= 4 is 5.91 Å². The Morgan fingerprint density at radius 1 is 0.633 bits per heavy atom. The lowest BCUT2D eigenvalue weighted by Crippen LogP contribution is -2.44. The Kier molecular flexibility index (Phi) is 21.2. The molecule has 0 radical (unpaired) electrons. The van der Waals surface area contributed by atoms with E-state index in [1.165, 1.54) is 103 Å². The van der Waals surface area contributed by atoms with Gasteiger partial charge in [0.2, 0.25) is 0 Å². The molecular formula is C26H55N2O2+. The van der Waals surface area contributed by atoms with Gasteiger partial charge in [-0.3, -0.25) is 4.79 Å². The summed E-state index contributed by atoms with van der Waals surface area (Å²) in [6.45, 7) is 5.16. The predicted octanol–water partition coefficient (Wildman–Crippen LogP) is 6.48. The van der Waals surface area contributed by atoms with E-state index in [0.717, 1.165) is 26.2 Å². The average Bonchev–Trinajstić information content (AvgIpc) is 2.68. The second-order valence-corrected chi connectivity index (χ2v) is 10.1. The molecule has 0 aliphatic heterocycles. The summed E-state index contributed by atoms with van der Waals surface area (Å²) in [6.07, 6.45) is 23.3. The lowest BCUT2D eigenvalue weighted by atomic mass is 10.0. The zero-order valence-electron chi connectivity index (χ0n) is 21.1. The maximum Gasteiger partial charge on any atom is 0.275 e. The highest BCUT2D eigenvalue weighted by Gasteiger charge is 2.13. The second-order valence-electron chi connectivity index (χ2n) is 10.1. The van der Waals surface area contributed by atoms with Gasteiger partial charge < -0.3 is 14.5 Å². The molecule has 1 N–H and O–H groups in total. The monoisotopic (exact) mass is 427 g/mol. The molecule has 180 valence electrons. The third-order valence-electron chi connectivity index (χ3n) is 5.55. The molecule has 30 heavy (non-hydrogen) atoms. The lowest BCUT2D eigenvalue weighted by Gasteiger charge is -2.22. The van der Waals surface area contributed by atoms with Crippen molar-refractivity contribution in [1.29, 1.82) is 0 Å². The zero-order valence-corrected chi connectivity index (χ0v) is 21.1. The maximum absolute atomic E-state index is 11.7. The number of ether oxygens (including phenoxy) is 1. The molecule has 0 unspecified atom stereocenters. The van der Waals surface area contributed by atoms with E-state index >= 15 is 0 Å². The van der Waals surface area contributed by atoms with Gasteiger partial charge >= 0.3 is 0 Å². The summed E-state index contributed by atoms with van der Waals surface area (Å²) in [5.41, 5.74) is 0. The first-order chi connectivity index (χ1) is 14.5. The summed E-state index contributed by atoms with van der Waals surface area (Å²) < 4.78 is 6.35. The Morgan fingerprint density at radius 2 is 1.03 bits per heavy atom. The van der Waals surface area contributed by atoms with Gasteiger partial charge in [0.1, 0.15) is 0 Å². The van der Waals surface area contributed by atoms with E-state index in [1.54, 1.807) is 0 Å². The van der Waals surface area contributed by atoms with Crippen molar-refractivity contribution in [3.63, 3.8) is 0 Å². The number of carbonyl (C=O) groups is 1. The van der Waals surface area contributed by atoms with Gasteiger partial charge in [0.15, 0.2) is 6.54 Å². The number of amides is 1. The van der Waals surface area contributed by atoms with Crippen molar-refractivity contribution < 1.29 is 14.0 Å². The number of quaternary nitrogens is 1. The smallest absolute Gasteiger partial charge is 0.275 e. The van der Waals surface area contributed by atoms with Crippen LogP contribution in [0.15, 0.2) is 0 Å². The fourth-order valence-corrected chi connectivity index (χ4v) is 3.74. The van der Waals surface area contributed by atoms with Gasteiger partial charge in [-0.05, 0) is 12.8 Å². The molecule has 0 aliphatic rings. The minimum atomic E-state index is 0.125. The molecule has 0 saturated heterocycles. The van der Waals surface area contributed by atoms with Crippen LogP contribution in [0.4, 0.5) is 0 Å². The molecule has 0 aromatic heterocycles. The maximum atomic E-state index is 11.7. The molecule has 4 heteroatoms. The summed E-state index contributed by atoms with van der Waals surface area (Å²) in [5, 5.41) is 2.96. The number of hydrogen-bond donors (Lipinski definition) is 1. The number of rotatable bonds is 23. The quantitative estimate of drug-likeness (QED) is 0.150. The Balaban J connectivity index is 3.11. The first-order valence-electron chi connectivity index (χ1n) is 13.1. The molecule has 1 amide bonds. The molecule has 0 atom stereocenters. The van der Waals surface area contributed by atoms with Crippen LogP contribution in [-0.4, -0.2) is 57.8 Å². The van der Waals surface area contributed by atoms with Crippen molar-refractivity contribution in [3.8, 4) is 0 Å². The Morgan fingerprint density at radius 3 is 1.47 bits per heavy atom. The van der Waals surface area contributed by atoms with Crippen LogP contribution < -0.4 is 5.32 Å². The van der Waals surface area contributed by atoms with Gasteiger partial charge in [0, 0.05) is 19.8 Å². The topological polar surface area (TPSA) is 38.3 Å². The largest absolute Gasteiger partial charge is 0.381 e. The van der Waals surface area contributed by atoms with Crippen molar-refractivity contribution in [1.82, 2.24) is 5.32 Å². The highest BCUT2D eigenvalue weighted by Crippen LogP contribution is 2.13. The van der Waals surface area contributed by atoms with Gasteiger partial charge in [-0.2, -0.15) is 0 Å². The summed E-state index contributed by atoms with van der Waals surface area (Å²) in [7, 11) is 6.09. The summed E-state index contributed by atoms with van der Waals surface area (Å²) in [4.78, 5) is 11.7. The van der Waals surface area contributed by atoms with Gasteiger partial charge in [0.25, 0.3) is 5.91 Å². The summed E-state index contributed by atoms with van der Waals surface area (Å²) in [5.74, 6) is 0.125. The third kappa shape index (κ3) is 25.4. The van der Waals surface area contributed by atoms with E-state index in [-0.39, 0.29) is 5.91 Å². The first kappa shape index (κ1) is 29.4. The van der Waals surface area contributed by atoms with Gasteiger partial charge in [-0.25, -0.2) is 0 Å². The van der Waals surface area contributed by atoms with Crippen LogP contribution in [0.5, 0.6) is 0 Å². The zero-order chi connectivity index (χ0) is 22.3. The van der Waals surface area contributed by atoms with Crippen LogP contribution in [0.2, 0.25) is 0 Å². The molecule has 0 aromatic carbocycles. The molecule has 4 nitrogen and oxygen atoms in total. The number of unbranched alkanes of at least 4 members (excludes halogenated alkanes) is 15. The van der Waals surface area contributed by atoms with E-state index in [4.69, 9.17) is 4.74 Å². The number of nitrogens with one attached hydrogen (secondary N) is 1. The standard InChI is InChI=1S/C26H54N2O2/c1-5-6-7-8-9-10-11-12-13-14-15-16-17-18-19-20-23-30-24-21-22-27-26(29)25-28(2,3)4/h5-25H2,1-4H3/p+1. The van der Waals surface area contributed by atoms with Crippen molar-refractivity contribution in [2.24, 2.45) is 0 Å². The molecular weight excluding hydrogens is 372 g/mol. The highest BCUT2D eigenvalue weighted by atomic mass is 16.5. The fraction of sp³-hybridized carbons (Fsp3) is 0.962. The molecule has 0 rings (SSSR count). The molecule has 0 saturated carbocycles. The molecule has 0 aromatic rings. The normalized spacial score (nSPS) is 11.7. The second kappa shape index (κ2) is 21.6. The Hall–Kier alpha value is -0.610. The van der Waals surface area contributed by atoms with Crippen molar-refractivity contribution in [2.45, 2.75) is 116 Å². The fourth-order valence-electron chi connectivity index (χ4n) is 3.74. The Labute approximate surface area is 189 Å². The number of nitrogens with zero attached hydrogens (tertiary/aromatic N) is 1. The van der Waals surface area contributed by atoms with Crippen LogP contribution in [0.3, 0.4) is 0 Å². The molecule has 0 heterocycles. The minimum Gasteiger partial charge on any atom is -0.381 e. The van der Waals surface area contributed by atoms with Gasteiger partial charge in [-0.15, -0.1) is 0 Å². The van der Waals surface area contributed by atoms with E-state index < -0.39 is 0 Å². The summed E-state index contributed by atoms with van der Waals surface area (Å²) >= 11 is 0. The van der Waals surface area contributed by atoms with Crippen LogP contribution in [-0.2, 0) is 9.53 Å². The highest BCUT2D eigenvalue weighted by molar-refractivity contribution is 5.76. The predicted molar refractivity (Wildman–Crippen MR) is 131 cm³/mol. The molecule has 0 aliphatic carbocycles. The van der Waals surface area contributed by atoms with E-state index in [0.29, 0.717) is 11.0 Å². The van der Waals surface area contributed by atoms with Gasteiger partial charge in [0.05, 0.1) is 21.1 Å². The SMILES string of the molecule is CCCCCCCCCCCCCCCCCCOCCCNC(=O)C[N+](C)(C)C. The van der Waals surface area contributed by atoms with E-state index in [9.17, 15) is 4.79 Å². The van der Waals surface area contributed by atoms with E-state index in [2.05, 4.69) is 12.2 Å². The van der Waals surface area contributed by atoms with Crippen LogP contribution in [0, 0.1) is 0 Å². The average molecular weight is 428 g/mol. The molecule has 0 spiro atoms. The Bertz CT molecular complexity index is 367. The first-order valence-corrected chi connectivity index (χ1v) is 13.1. The molecule has 0 fully saturated rings. The number of likely N-dealkylation sites (N-methyl/N-ethyl adjacent to an activating group) is 1. The molecule has 0 bridgehead atoms. The van der Waals surface area contributed by atoms with Crippen LogP contribution in [0.1, 0.15) is 116 Å². The van der Waals surface area contributed by atoms with Crippen molar-refractivity contribution in [3.05, 3.63) is 0 Å². The van der Waals surface area contributed by atoms with Crippen LogP contribution in [0.25, 0.3) is 0 Å². The third-order valence-corrected chi connectivity index (χ3v) is 5.55. The van der Waals surface area contributed by atoms with Crippen molar-refractivity contribution in [2.75, 3.05) is 47.4 Å².